The Bertz CT molecular complexity index is 805. The van der Waals surface area contributed by atoms with Gasteiger partial charge in [-0.05, 0) is 62.1 Å². The molecule has 0 aliphatic carbocycles. The smallest absolute Gasteiger partial charge is 0.191 e. The molecule has 0 bridgehead atoms. The monoisotopic (exact) mass is 556 g/mol. The molecular weight excluding hydrogens is 519 g/mol. The van der Waals surface area contributed by atoms with E-state index in [1.54, 1.807) is 24.5 Å². The number of benzene rings is 1. The Morgan fingerprint density at radius 3 is 2.28 bits per heavy atom. The van der Waals surface area contributed by atoms with Gasteiger partial charge in [-0.25, -0.2) is 0 Å². The van der Waals surface area contributed by atoms with Crippen LogP contribution in [0.1, 0.15) is 63.8 Å². The number of ether oxygens (including phenoxy) is 2. The first-order valence-corrected chi connectivity index (χ1v) is 11.1. The van der Waals surface area contributed by atoms with Gasteiger partial charge in [0.25, 0.3) is 0 Å². The highest BCUT2D eigenvalue weighted by Gasteiger charge is 2.13. The second-order valence-corrected chi connectivity index (χ2v) is 7.29. The minimum absolute atomic E-state index is 0. The molecule has 0 radical (unpaired) electrons. The van der Waals surface area contributed by atoms with E-state index >= 15 is 0 Å². The van der Waals surface area contributed by atoms with Crippen molar-refractivity contribution in [2.45, 2.75) is 52.7 Å². The predicted molar refractivity (Wildman–Crippen MR) is 140 cm³/mol. The van der Waals surface area contributed by atoms with Gasteiger partial charge in [0.05, 0.1) is 31.9 Å². The molecule has 2 aromatic rings. The molecule has 0 amide bonds. The highest BCUT2D eigenvalue weighted by molar-refractivity contribution is 14.0. The Balaban J connectivity index is 0.00000512. The quantitative estimate of drug-likeness (QED) is 0.201. The molecule has 2 rings (SSSR count). The molecule has 178 valence electrons. The Kier molecular flexibility index (Phi) is 13.7. The molecule has 0 saturated carbocycles. The molecule has 2 atom stereocenters. The number of aliphatic hydroxyl groups is 1. The van der Waals surface area contributed by atoms with E-state index < -0.39 is 6.10 Å². The molecule has 1 aromatic carbocycles. The molecule has 32 heavy (non-hydrogen) atoms. The molecule has 0 aliphatic heterocycles. The lowest BCUT2D eigenvalue weighted by molar-refractivity contribution is 0.187. The fourth-order valence-corrected chi connectivity index (χ4v) is 2.93. The average Bonchev–Trinajstić information content (AvgIpc) is 2.80. The van der Waals surface area contributed by atoms with Crippen LogP contribution in [0.2, 0.25) is 0 Å². The third kappa shape index (κ3) is 9.20. The van der Waals surface area contributed by atoms with Crippen molar-refractivity contribution in [1.29, 1.82) is 0 Å². The Morgan fingerprint density at radius 2 is 1.66 bits per heavy atom. The number of guanidine groups is 1. The van der Waals surface area contributed by atoms with Gasteiger partial charge >= 0.3 is 0 Å². The molecule has 0 aliphatic rings. The molecule has 0 saturated heterocycles. The molecular formula is C24H37IN4O3. The zero-order chi connectivity index (χ0) is 22.5. The summed E-state index contributed by atoms with van der Waals surface area (Å²) in [6, 6.07) is 9.60. The second-order valence-electron chi connectivity index (χ2n) is 7.29. The zero-order valence-electron chi connectivity index (χ0n) is 19.5. The number of aromatic nitrogens is 1. The Labute approximate surface area is 209 Å². The summed E-state index contributed by atoms with van der Waals surface area (Å²) in [5.41, 5.74) is 1.86. The molecule has 0 spiro atoms. The molecule has 3 N–H and O–H groups in total. The van der Waals surface area contributed by atoms with Crippen LogP contribution in [0.25, 0.3) is 0 Å². The lowest BCUT2D eigenvalue weighted by atomic mass is 10.1. The first-order valence-electron chi connectivity index (χ1n) is 11.1. The van der Waals surface area contributed by atoms with E-state index in [1.165, 1.54) is 0 Å². The van der Waals surface area contributed by atoms with E-state index in [1.807, 2.05) is 25.1 Å². The normalized spacial score (nSPS) is 13.0. The summed E-state index contributed by atoms with van der Waals surface area (Å²) in [7, 11) is 0. The summed E-state index contributed by atoms with van der Waals surface area (Å²) in [4.78, 5) is 8.54. The van der Waals surface area contributed by atoms with Gasteiger partial charge in [0.2, 0.25) is 0 Å². The lowest BCUT2D eigenvalue weighted by Gasteiger charge is -2.20. The van der Waals surface area contributed by atoms with Crippen molar-refractivity contribution in [3.63, 3.8) is 0 Å². The van der Waals surface area contributed by atoms with E-state index in [-0.39, 0.29) is 36.6 Å². The van der Waals surface area contributed by atoms with Gasteiger partial charge in [-0.15, -0.1) is 24.0 Å². The maximum Gasteiger partial charge on any atom is 0.191 e. The highest BCUT2D eigenvalue weighted by Crippen LogP contribution is 2.31. The summed E-state index contributed by atoms with van der Waals surface area (Å²) < 4.78 is 11.7. The Morgan fingerprint density at radius 1 is 1.00 bits per heavy atom. The van der Waals surface area contributed by atoms with Crippen LogP contribution in [0.15, 0.2) is 47.7 Å². The van der Waals surface area contributed by atoms with Crippen LogP contribution in [-0.2, 0) is 0 Å². The van der Waals surface area contributed by atoms with E-state index in [4.69, 9.17) is 9.47 Å². The summed E-state index contributed by atoms with van der Waals surface area (Å²) >= 11 is 0. The summed E-state index contributed by atoms with van der Waals surface area (Å²) in [5.74, 6) is 2.18. The van der Waals surface area contributed by atoms with Crippen LogP contribution in [-0.4, -0.2) is 42.4 Å². The van der Waals surface area contributed by atoms with Crippen LogP contribution in [0.3, 0.4) is 0 Å². The number of pyridine rings is 1. The third-order valence-corrected chi connectivity index (χ3v) is 4.60. The largest absolute Gasteiger partial charge is 0.490 e. The van der Waals surface area contributed by atoms with Crippen molar-refractivity contribution >= 4 is 29.9 Å². The topological polar surface area (TPSA) is 88.0 Å². The van der Waals surface area contributed by atoms with E-state index in [9.17, 15) is 5.11 Å². The molecule has 1 heterocycles. The van der Waals surface area contributed by atoms with E-state index in [0.29, 0.717) is 19.2 Å². The Hall–Kier alpha value is -2.07. The fourth-order valence-electron chi connectivity index (χ4n) is 2.93. The number of halogens is 1. The first-order chi connectivity index (χ1) is 15.1. The van der Waals surface area contributed by atoms with Crippen molar-refractivity contribution in [1.82, 2.24) is 15.6 Å². The van der Waals surface area contributed by atoms with Crippen molar-refractivity contribution in [3.8, 4) is 11.5 Å². The zero-order valence-corrected chi connectivity index (χ0v) is 21.8. The van der Waals surface area contributed by atoms with Gasteiger partial charge in [0.15, 0.2) is 17.5 Å². The van der Waals surface area contributed by atoms with Gasteiger partial charge in [-0.3, -0.25) is 9.98 Å². The molecule has 0 fully saturated rings. The molecule has 8 heteroatoms. The maximum absolute atomic E-state index is 10.4. The second kappa shape index (κ2) is 15.7. The van der Waals surface area contributed by atoms with Gasteiger partial charge in [0, 0.05) is 18.9 Å². The van der Waals surface area contributed by atoms with Crippen molar-refractivity contribution < 1.29 is 14.6 Å². The van der Waals surface area contributed by atoms with Crippen LogP contribution in [0.4, 0.5) is 0 Å². The van der Waals surface area contributed by atoms with Crippen LogP contribution >= 0.6 is 24.0 Å². The number of aliphatic imine (C=N–C) groups is 1. The van der Waals surface area contributed by atoms with Crippen molar-refractivity contribution in [3.05, 3.63) is 53.9 Å². The van der Waals surface area contributed by atoms with Gasteiger partial charge in [0.1, 0.15) is 0 Å². The minimum atomic E-state index is -0.683. The van der Waals surface area contributed by atoms with Crippen LogP contribution in [0, 0.1) is 0 Å². The number of nitrogens with zero attached hydrogens (tertiary/aromatic N) is 2. The predicted octanol–water partition coefficient (Wildman–Crippen LogP) is 4.63. The SMILES string of the molecule is CCCOc1ccc(C(C)NC(=NCC(O)c2ccncc2)NCC)cc1OCCC.I. The maximum atomic E-state index is 10.4. The van der Waals surface area contributed by atoms with Crippen LogP contribution in [0.5, 0.6) is 11.5 Å². The molecule has 7 nitrogen and oxygen atoms in total. The molecule has 2 unspecified atom stereocenters. The lowest BCUT2D eigenvalue weighted by Crippen LogP contribution is -2.39. The fraction of sp³-hybridized carbons (Fsp3) is 0.500. The molecule has 1 aromatic heterocycles. The van der Waals surface area contributed by atoms with Gasteiger partial charge in [-0.2, -0.15) is 0 Å². The highest BCUT2D eigenvalue weighted by atomic mass is 127. The summed E-state index contributed by atoms with van der Waals surface area (Å²) in [6.07, 6.45) is 4.53. The minimum Gasteiger partial charge on any atom is -0.490 e. The number of aliphatic hydroxyl groups excluding tert-OH is 1. The first kappa shape index (κ1) is 28.0. The number of hydrogen-bond acceptors (Lipinski definition) is 5. The average molecular weight is 556 g/mol. The number of hydrogen-bond donors (Lipinski definition) is 3. The third-order valence-electron chi connectivity index (χ3n) is 4.60. The number of nitrogens with one attached hydrogen (secondary N) is 2. The summed E-state index contributed by atoms with van der Waals surface area (Å²) in [5, 5.41) is 17.0. The van der Waals surface area contributed by atoms with Crippen LogP contribution < -0.4 is 20.1 Å². The van der Waals surface area contributed by atoms with Gasteiger partial charge in [-0.1, -0.05) is 19.9 Å². The summed E-state index contributed by atoms with van der Waals surface area (Å²) in [6.45, 7) is 10.5. The van der Waals surface area contributed by atoms with E-state index in [2.05, 4.69) is 41.4 Å². The van der Waals surface area contributed by atoms with Crippen molar-refractivity contribution in [2.24, 2.45) is 4.99 Å². The van der Waals surface area contributed by atoms with E-state index in [0.717, 1.165) is 42.0 Å². The number of rotatable bonds is 12. The van der Waals surface area contributed by atoms with Crippen molar-refractivity contribution in [2.75, 3.05) is 26.3 Å². The van der Waals surface area contributed by atoms with Gasteiger partial charge < -0.3 is 25.2 Å². The standard InChI is InChI=1S/C24H36N4O3.HI/c1-5-14-30-22-9-8-20(16-23(22)31-15-6-2)18(4)28-24(26-7-3)27-17-21(29)19-10-12-25-13-11-19;/h8-13,16,18,21,29H,5-7,14-15,17H2,1-4H3,(H2,26,27,28);1H.